The summed E-state index contributed by atoms with van der Waals surface area (Å²) in [6.45, 7) is 1.87. The Hall–Kier alpha value is -2.14. The molecular weight excluding hydrogens is 334 g/mol. The first-order chi connectivity index (χ1) is 9.97. The van der Waals surface area contributed by atoms with Gasteiger partial charge in [-0.3, -0.25) is 9.59 Å². The first kappa shape index (κ1) is 15.3. The third kappa shape index (κ3) is 3.92. The molecule has 0 aromatic heterocycles. The standard InChI is InChI=1S/C16H14BrNO3/c1-10-13(3-2-4-14(10)17)16(21)18-12-7-5-11(6-8-12)9-15(19)20/h2-8H,9H2,1H3,(H,18,21)(H,19,20). The van der Waals surface area contributed by atoms with Crippen LogP contribution in [0, 0.1) is 6.92 Å². The number of hydrogen-bond donors (Lipinski definition) is 2. The number of halogens is 1. The summed E-state index contributed by atoms with van der Waals surface area (Å²) in [5.41, 5.74) is 2.80. The van der Waals surface area contributed by atoms with Crippen LogP contribution in [0.25, 0.3) is 0 Å². The molecule has 0 saturated heterocycles. The summed E-state index contributed by atoms with van der Waals surface area (Å²) in [5.74, 6) is -1.07. The SMILES string of the molecule is Cc1c(Br)cccc1C(=O)Nc1ccc(CC(=O)O)cc1. The molecule has 0 bridgehead atoms. The zero-order chi connectivity index (χ0) is 15.4. The number of nitrogens with one attached hydrogen (secondary N) is 1. The van der Waals surface area contributed by atoms with Crippen molar-refractivity contribution >= 4 is 33.5 Å². The quantitative estimate of drug-likeness (QED) is 0.887. The van der Waals surface area contributed by atoms with Crippen LogP contribution >= 0.6 is 15.9 Å². The molecule has 0 aliphatic heterocycles. The van der Waals surface area contributed by atoms with Gasteiger partial charge < -0.3 is 10.4 Å². The molecule has 0 atom stereocenters. The Morgan fingerprint density at radius 2 is 1.81 bits per heavy atom. The Kier molecular flexibility index (Phi) is 4.75. The largest absolute Gasteiger partial charge is 0.481 e. The topological polar surface area (TPSA) is 66.4 Å². The highest BCUT2D eigenvalue weighted by Gasteiger charge is 2.11. The summed E-state index contributed by atoms with van der Waals surface area (Å²) < 4.78 is 0.881. The van der Waals surface area contributed by atoms with Gasteiger partial charge in [0.1, 0.15) is 0 Å². The minimum atomic E-state index is -0.878. The molecule has 2 aromatic carbocycles. The van der Waals surface area contributed by atoms with E-state index in [9.17, 15) is 9.59 Å². The van der Waals surface area contributed by atoms with E-state index < -0.39 is 5.97 Å². The lowest BCUT2D eigenvalue weighted by atomic mass is 10.1. The van der Waals surface area contributed by atoms with Crippen molar-refractivity contribution < 1.29 is 14.7 Å². The first-order valence-electron chi connectivity index (χ1n) is 6.34. The monoisotopic (exact) mass is 347 g/mol. The van der Waals surface area contributed by atoms with Gasteiger partial charge in [0.15, 0.2) is 0 Å². The number of rotatable bonds is 4. The summed E-state index contributed by atoms with van der Waals surface area (Å²) in [4.78, 5) is 22.8. The van der Waals surface area contributed by atoms with E-state index in [0.717, 1.165) is 10.0 Å². The zero-order valence-electron chi connectivity index (χ0n) is 11.4. The van der Waals surface area contributed by atoms with E-state index in [1.54, 1.807) is 30.3 Å². The van der Waals surface area contributed by atoms with Crippen LogP contribution in [0.15, 0.2) is 46.9 Å². The summed E-state index contributed by atoms with van der Waals surface area (Å²) in [6.07, 6.45) is -0.0288. The average molecular weight is 348 g/mol. The van der Waals surface area contributed by atoms with Gasteiger partial charge in [-0.05, 0) is 42.3 Å². The zero-order valence-corrected chi connectivity index (χ0v) is 13.0. The average Bonchev–Trinajstić information content (AvgIpc) is 2.43. The van der Waals surface area contributed by atoms with Crippen LogP contribution in [0.2, 0.25) is 0 Å². The number of carboxylic acid groups (broad SMARTS) is 1. The summed E-state index contributed by atoms with van der Waals surface area (Å²) in [6, 6.07) is 12.2. The van der Waals surface area contributed by atoms with Crippen LogP contribution in [-0.4, -0.2) is 17.0 Å². The van der Waals surface area contributed by atoms with Crippen molar-refractivity contribution in [3.8, 4) is 0 Å². The smallest absolute Gasteiger partial charge is 0.307 e. The molecular formula is C16H14BrNO3. The lowest BCUT2D eigenvalue weighted by molar-refractivity contribution is -0.136. The van der Waals surface area contributed by atoms with Crippen molar-refractivity contribution in [1.82, 2.24) is 0 Å². The molecule has 2 rings (SSSR count). The maximum atomic E-state index is 12.2. The highest BCUT2D eigenvalue weighted by atomic mass is 79.9. The Balaban J connectivity index is 2.12. The molecule has 108 valence electrons. The van der Waals surface area contributed by atoms with Gasteiger partial charge in [0, 0.05) is 15.7 Å². The second-order valence-electron chi connectivity index (χ2n) is 4.63. The molecule has 0 fully saturated rings. The number of amides is 1. The molecule has 21 heavy (non-hydrogen) atoms. The maximum absolute atomic E-state index is 12.2. The molecule has 0 aliphatic rings. The Morgan fingerprint density at radius 3 is 2.43 bits per heavy atom. The van der Waals surface area contributed by atoms with E-state index >= 15 is 0 Å². The van der Waals surface area contributed by atoms with E-state index in [1.807, 2.05) is 19.1 Å². The molecule has 0 spiro atoms. The number of carbonyl (C=O) groups is 2. The van der Waals surface area contributed by atoms with Gasteiger partial charge in [-0.25, -0.2) is 0 Å². The van der Waals surface area contributed by atoms with E-state index in [2.05, 4.69) is 21.2 Å². The van der Waals surface area contributed by atoms with Crippen molar-refractivity contribution in [2.24, 2.45) is 0 Å². The van der Waals surface area contributed by atoms with Crippen molar-refractivity contribution in [2.45, 2.75) is 13.3 Å². The molecule has 0 saturated carbocycles. The summed E-state index contributed by atoms with van der Waals surface area (Å²) >= 11 is 3.40. The number of carboxylic acids is 1. The summed E-state index contributed by atoms with van der Waals surface area (Å²) in [5, 5.41) is 11.5. The third-order valence-corrected chi connectivity index (χ3v) is 3.94. The Bertz CT molecular complexity index is 680. The fraction of sp³-hybridized carbons (Fsp3) is 0.125. The van der Waals surface area contributed by atoms with E-state index in [-0.39, 0.29) is 12.3 Å². The minimum absolute atomic E-state index is 0.0288. The van der Waals surface area contributed by atoms with Crippen LogP contribution in [0.1, 0.15) is 21.5 Å². The van der Waals surface area contributed by atoms with Gasteiger partial charge in [0.2, 0.25) is 0 Å². The number of hydrogen-bond acceptors (Lipinski definition) is 2. The number of anilines is 1. The highest BCUT2D eigenvalue weighted by Crippen LogP contribution is 2.20. The van der Waals surface area contributed by atoms with Gasteiger partial charge in [0.05, 0.1) is 6.42 Å². The number of benzene rings is 2. The molecule has 0 heterocycles. The number of carbonyl (C=O) groups excluding carboxylic acids is 1. The van der Waals surface area contributed by atoms with Crippen molar-refractivity contribution in [3.05, 3.63) is 63.6 Å². The highest BCUT2D eigenvalue weighted by molar-refractivity contribution is 9.10. The lowest BCUT2D eigenvalue weighted by Gasteiger charge is -2.09. The van der Waals surface area contributed by atoms with Gasteiger partial charge >= 0.3 is 5.97 Å². The van der Waals surface area contributed by atoms with Crippen LogP contribution in [0.4, 0.5) is 5.69 Å². The molecule has 2 N–H and O–H groups in total. The normalized spacial score (nSPS) is 10.2. The molecule has 0 aliphatic carbocycles. The van der Waals surface area contributed by atoms with Gasteiger partial charge in [-0.2, -0.15) is 0 Å². The maximum Gasteiger partial charge on any atom is 0.307 e. The second-order valence-corrected chi connectivity index (χ2v) is 5.49. The predicted molar refractivity (Wildman–Crippen MR) is 84.6 cm³/mol. The van der Waals surface area contributed by atoms with Gasteiger partial charge in [0.25, 0.3) is 5.91 Å². The Labute approximate surface area is 130 Å². The fourth-order valence-electron chi connectivity index (χ4n) is 1.93. The van der Waals surface area contributed by atoms with Crippen LogP contribution in [0.3, 0.4) is 0 Å². The first-order valence-corrected chi connectivity index (χ1v) is 7.14. The molecule has 0 radical (unpaired) electrons. The van der Waals surface area contributed by atoms with Crippen LogP contribution in [-0.2, 0) is 11.2 Å². The molecule has 4 nitrogen and oxygen atoms in total. The molecule has 0 unspecified atom stereocenters. The fourth-order valence-corrected chi connectivity index (χ4v) is 2.30. The van der Waals surface area contributed by atoms with Crippen molar-refractivity contribution in [2.75, 3.05) is 5.32 Å². The van der Waals surface area contributed by atoms with E-state index in [0.29, 0.717) is 16.8 Å². The van der Waals surface area contributed by atoms with Crippen molar-refractivity contribution in [1.29, 1.82) is 0 Å². The predicted octanol–water partition coefficient (Wildman–Crippen LogP) is 3.64. The second kappa shape index (κ2) is 6.54. The Morgan fingerprint density at radius 1 is 1.14 bits per heavy atom. The van der Waals surface area contributed by atoms with Crippen LogP contribution in [0.5, 0.6) is 0 Å². The molecule has 5 heteroatoms. The number of aliphatic carboxylic acids is 1. The van der Waals surface area contributed by atoms with E-state index in [4.69, 9.17) is 5.11 Å². The molecule has 1 amide bonds. The summed E-state index contributed by atoms with van der Waals surface area (Å²) in [7, 11) is 0. The minimum Gasteiger partial charge on any atom is -0.481 e. The van der Waals surface area contributed by atoms with Crippen molar-refractivity contribution in [3.63, 3.8) is 0 Å². The third-order valence-electron chi connectivity index (χ3n) is 3.08. The van der Waals surface area contributed by atoms with Gasteiger partial charge in [-0.15, -0.1) is 0 Å². The lowest BCUT2D eigenvalue weighted by Crippen LogP contribution is -2.13. The van der Waals surface area contributed by atoms with Crippen LogP contribution < -0.4 is 5.32 Å². The van der Waals surface area contributed by atoms with Gasteiger partial charge in [-0.1, -0.05) is 34.1 Å². The molecule has 2 aromatic rings. The van der Waals surface area contributed by atoms with E-state index in [1.165, 1.54) is 0 Å².